The van der Waals surface area contributed by atoms with Crippen LogP contribution in [0.5, 0.6) is 0 Å². The maximum Gasteiger partial charge on any atom is 0.226 e. The number of carbonyl (C=O) groups is 1. The molecule has 0 aliphatic rings. The Balaban J connectivity index is 2.54. The van der Waals surface area contributed by atoms with Gasteiger partial charge in [0.1, 0.15) is 5.82 Å². The van der Waals surface area contributed by atoms with Crippen molar-refractivity contribution in [2.45, 2.75) is 27.3 Å². The highest BCUT2D eigenvalue weighted by atomic mass is 19.1. The summed E-state index contributed by atoms with van der Waals surface area (Å²) in [7, 11) is 1.63. The Bertz CT molecular complexity index is 430. The molecule has 1 amide bonds. The van der Waals surface area contributed by atoms with Gasteiger partial charge in [-0.1, -0.05) is 6.07 Å². The molecule has 0 aliphatic carbocycles. The predicted octanol–water partition coefficient (Wildman–Crippen LogP) is 2.00. The summed E-state index contributed by atoms with van der Waals surface area (Å²) in [5, 5.41) is 5.88. The van der Waals surface area contributed by atoms with E-state index in [2.05, 4.69) is 10.6 Å². The molecule has 0 aliphatic heterocycles. The van der Waals surface area contributed by atoms with Crippen molar-refractivity contribution >= 4 is 5.91 Å². The first-order valence-electron chi connectivity index (χ1n) is 6.05. The largest absolute Gasteiger partial charge is 0.359 e. The lowest BCUT2D eigenvalue weighted by Gasteiger charge is -2.23. The minimum absolute atomic E-state index is 0.00540. The van der Waals surface area contributed by atoms with Crippen LogP contribution in [0.15, 0.2) is 18.2 Å². The van der Waals surface area contributed by atoms with E-state index in [1.807, 2.05) is 20.8 Å². The van der Waals surface area contributed by atoms with E-state index < -0.39 is 5.41 Å². The maximum absolute atomic E-state index is 12.9. The molecule has 4 heteroatoms. The van der Waals surface area contributed by atoms with Crippen LogP contribution in [-0.4, -0.2) is 19.5 Å². The highest BCUT2D eigenvalue weighted by Crippen LogP contribution is 2.14. The van der Waals surface area contributed by atoms with E-state index in [1.165, 1.54) is 12.1 Å². The average Bonchev–Trinajstić information content (AvgIpc) is 2.30. The molecule has 0 saturated heterocycles. The zero-order valence-electron chi connectivity index (χ0n) is 11.4. The van der Waals surface area contributed by atoms with Crippen molar-refractivity contribution in [2.75, 3.05) is 13.6 Å². The topological polar surface area (TPSA) is 41.1 Å². The van der Waals surface area contributed by atoms with Gasteiger partial charge in [0.05, 0.1) is 5.41 Å². The molecule has 0 saturated carbocycles. The van der Waals surface area contributed by atoms with Crippen LogP contribution in [0.3, 0.4) is 0 Å². The standard InChI is InChI=1S/C14H21FN2O/c1-10-7-12(15)6-5-11(10)8-17-9-14(2,3)13(18)16-4/h5-7,17H,8-9H2,1-4H3,(H,16,18). The fraction of sp³-hybridized carbons (Fsp3) is 0.500. The Kier molecular flexibility index (Phi) is 4.84. The molecular weight excluding hydrogens is 231 g/mol. The SMILES string of the molecule is CNC(=O)C(C)(C)CNCc1ccc(F)cc1C. The van der Waals surface area contributed by atoms with Gasteiger partial charge >= 0.3 is 0 Å². The van der Waals surface area contributed by atoms with E-state index in [1.54, 1.807) is 13.1 Å². The predicted molar refractivity (Wildman–Crippen MR) is 70.7 cm³/mol. The van der Waals surface area contributed by atoms with Gasteiger partial charge < -0.3 is 10.6 Å². The zero-order valence-corrected chi connectivity index (χ0v) is 11.4. The first kappa shape index (κ1) is 14.6. The molecule has 18 heavy (non-hydrogen) atoms. The summed E-state index contributed by atoms with van der Waals surface area (Å²) in [5.41, 5.74) is 1.51. The third-order valence-corrected chi connectivity index (χ3v) is 3.03. The second-order valence-electron chi connectivity index (χ2n) is 5.14. The maximum atomic E-state index is 12.9. The van der Waals surface area contributed by atoms with Crippen molar-refractivity contribution in [3.8, 4) is 0 Å². The Morgan fingerprint density at radius 2 is 2.06 bits per heavy atom. The molecule has 3 nitrogen and oxygen atoms in total. The van der Waals surface area contributed by atoms with Gasteiger partial charge in [-0.2, -0.15) is 0 Å². The molecule has 0 atom stereocenters. The van der Waals surface area contributed by atoms with Gasteiger partial charge in [0.2, 0.25) is 5.91 Å². The molecule has 0 bridgehead atoms. The number of amides is 1. The first-order valence-corrected chi connectivity index (χ1v) is 6.05. The highest BCUT2D eigenvalue weighted by molar-refractivity contribution is 5.81. The fourth-order valence-corrected chi connectivity index (χ4v) is 1.79. The van der Waals surface area contributed by atoms with E-state index in [9.17, 15) is 9.18 Å². The van der Waals surface area contributed by atoms with Gasteiger partial charge in [0, 0.05) is 20.1 Å². The molecule has 2 N–H and O–H groups in total. The van der Waals surface area contributed by atoms with E-state index in [-0.39, 0.29) is 11.7 Å². The van der Waals surface area contributed by atoms with Crippen LogP contribution in [0.1, 0.15) is 25.0 Å². The van der Waals surface area contributed by atoms with Crippen LogP contribution in [0.4, 0.5) is 4.39 Å². The third-order valence-electron chi connectivity index (χ3n) is 3.03. The summed E-state index contributed by atoms with van der Waals surface area (Å²) in [6.45, 7) is 6.85. The molecule has 1 rings (SSSR count). The van der Waals surface area contributed by atoms with Crippen LogP contribution in [0, 0.1) is 18.2 Å². The van der Waals surface area contributed by atoms with Gasteiger partial charge in [0.15, 0.2) is 0 Å². The Morgan fingerprint density at radius 1 is 1.39 bits per heavy atom. The summed E-state index contributed by atoms with van der Waals surface area (Å²) >= 11 is 0. The minimum Gasteiger partial charge on any atom is -0.359 e. The van der Waals surface area contributed by atoms with Gasteiger partial charge in [-0.3, -0.25) is 4.79 Å². The van der Waals surface area contributed by atoms with Crippen LogP contribution in [-0.2, 0) is 11.3 Å². The van der Waals surface area contributed by atoms with Crippen LogP contribution >= 0.6 is 0 Å². The summed E-state index contributed by atoms with van der Waals surface area (Å²) in [6, 6.07) is 4.74. The molecule has 1 aromatic carbocycles. The van der Waals surface area contributed by atoms with Crippen LogP contribution < -0.4 is 10.6 Å². The molecular formula is C14H21FN2O. The van der Waals surface area contributed by atoms with Gasteiger partial charge in [-0.05, 0) is 44.0 Å². The zero-order chi connectivity index (χ0) is 13.8. The summed E-state index contributed by atoms with van der Waals surface area (Å²) in [6.07, 6.45) is 0. The molecule has 100 valence electrons. The first-order chi connectivity index (χ1) is 8.36. The number of hydrogen-bond acceptors (Lipinski definition) is 2. The highest BCUT2D eigenvalue weighted by Gasteiger charge is 2.25. The van der Waals surface area contributed by atoms with Crippen molar-refractivity contribution < 1.29 is 9.18 Å². The minimum atomic E-state index is -0.456. The quantitative estimate of drug-likeness (QED) is 0.841. The third kappa shape index (κ3) is 3.81. The van der Waals surface area contributed by atoms with E-state index >= 15 is 0 Å². The van der Waals surface area contributed by atoms with Gasteiger partial charge in [-0.25, -0.2) is 4.39 Å². The van der Waals surface area contributed by atoms with Crippen molar-refractivity contribution in [2.24, 2.45) is 5.41 Å². The van der Waals surface area contributed by atoms with Gasteiger partial charge in [0.25, 0.3) is 0 Å². The summed E-state index contributed by atoms with van der Waals surface area (Å²) < 4.78 is 12.9. The second-order valence-corrected chi connectivity index (χ2v) is 5.14. The summed E-state index contributed by atoms with van der Waals surface area (Å²) in [5.74, 6) is -0.215. The smallest absolute Gasteiger partial charge is 0.226 e. The van der Waals surface area contributed by atoms with E-state index in [0.717, 1.165) is 11.1 Å². The van der Waals surface area contributed by atoms with E-state index in [4.69, 9.17) is 0 Å². The lowest BCUT2D eigenvalue weighted by molar-refractivity contribution is -0.128. The summed E-state index contributed by atoms with van der Waals surface area (Å²) in [4.78, 5) is 11.6. The average molecular weight is 252 g/mol. The number of rotatable bonds is 5. The number of benzene rings is 1. The van der Waals surface area contributed by atoms with E-state index in [0.29, 0.717) is 13.1 Å². The number of carbonyl (C=O) groups excluding carboxylic acids is 1. The molecule has 0 spiro atoms. The molecule has 0 radical (unpaired) electrons. The second kappa shape index (κ2) is 5.96. The van der Waals surface area contributed by atoms with Crippen LogP contribution in [0.2, 0.25) is 0 Å². The molecule has 1 aromatic rings. The molecule has 0 unspecified atom stereocenters. The van der Waals surface area contributed by atoms with Crippen molar-refractivity contribution in [3.63, 3.8) is 0 Å². The van der Waals surface area contributed by atoms with Crippen molar-refractivity contribution in [1.82, 2.24) is 10.6 Å². The van der Waals surface area contributed by atoms with Crippen LogP contribution in [0.25, 0.3) is 0 Å². The Morgan fingerprint density at radius 3 is 2.61 bits per heavy atom. The number of nitrogens with one attached hydrogen (secondary N) is 2. The Hall–Kier alpha value is -1.42. The molecule has 0 aromatic heterocycles. The fourth-order valence-electron chi connectivity index (χ4n) is 1.79. The Labute approximate surface area is 108 Å². The van der Waals surface area contributed by atoms with Crippen molar-refractivity contribution in [3.05, 3.63) is 35.1 Å². The normalized spacial score (nSPS) is 11.4. The number of halogens is 1. The molecule has 0 fully saturated rings. The lowest BCUT2D eigenvalue weighted by Crippen LogP contribution is -2.41. The number of hydrogen-bond donors (Lipinski definition) is 2. The van der Waals surface area contributed by atoms with Gasteiger partial charge in [-0.15, -0.1) is 0 Å². The molecule has 0 heterocycles. The lowest BCUT2D eigenvalue weighted by atomic mass is 9.92. The number of aryl methyl sites for hydroxylation is 1. The van der Waals surface area contributed by atoms with Crippen molar-refractivity contribution in [1.29, 1.82) is 0 Å². The monoisotopic (exact) mass is 252 g/mol.